The van der Waals surface area contributed by atoms with Gasteiger partial charge in [0.1, 0.15) is 0 Å². The lowest BCUT2D eigenvalue weighted by Gasteiger charge is -2.21. The standard InChI is InChI=1S/C9H18O.CH4/c1-2-3-4-9-5-7-10-8-6-9;/h9H,2-8H2,1H3;1H4. The van der Waals surface area contributed by atoms with Gasteiger partial charge in [-0.05, 0) is 18.8 Å². The molecule has 0 radical (unpaired) electrons. The van der Waals surface area contributed by atoms with Gasteiger partial charge in [0.2, 0.25) is 0 Å². The summed E-state index contributed by atoms with van der Waals surface area (Å²) in [5.74, 6) is 0.980. The van der Waals surface area contributed by atoms with Crippen molar-refractivity contribution < 1.29 is 4.74 Å². The molecular formula is C10H22O. The number of hydrogen-bond acceptors (Lipinski definition) is 1. The third-order valence-corrected chi connectivity index (χ3v) is 2.31. The fourth-order valence-corrected chi connectivity index (χ4v) is 1.53. The molecule has 1 nitrogen and oxygen atoms in total. The number of ether oxygens (including phenoxy) is 1. The van der Waals surface area contributed by atoms with Crippen molar-refractivity contribution in [1.29, 1.82) is 0 Å². The van der Waals surface area contributed by atoms with E-state index in [2.05, 4.69) is 6.92 Å². The Morgan fingerprint density at radius 2 is 1.91 bits per heavy atom. The normalized spacial score (nSPS) is 19.4. The second-order valence-corrected chi connectivity index (χ2v) is 3.20. The third kappa shape index (κ3) is 4.41. The van der Waals surface area contributed by atoms with Crippen LogP contribution >= 0.6 is 0 Å². The fraction of sp³-hybridized carbons (Fsp3) is 1.00. The lowest BCUT2D eigenvalue weighted by Crippen LogP contribution is -2.15. The molecule has 0 N–H and O–H groups in total. The molecule has 68 valence electrons. The molecule has 0 aromatic rings. The summed E-state index contributed by atoms with van der Waals surface area (Å²) in [6.07, 6.45) is 6.79. The summed E-state index contributed by atoms with van der Waals surface area (Å²) in [6.45, 7) is 4.28. The van der Waals surface area contributed by atoms with Gasteiger partial charge in [-0.25, -0.2) is 0 Å². The summed E-state index contributed by atoms with van der Waals surface area (Å²) in [7, 11) is 0. The second kappa shape index (κ2) is 6.66. The van der Waals surface area contributed by atoms with Crippen LogP contribution in [0.3, 0.4) is 0 Å². The molecular weight excluding hydrogens is 136 g/mol. The average molecular weight is 158 g/mol. The second-order valence-electron chi connectivity index (χ2n) is 3.20. The minimum Gasteiger partial charge on any atom is -0.381 e. The first-order valence-corrected chi connectivity index (χ1v) is 4.51. The molecule has 1 heterocycles. The van der Waals surface area contributed by atoms with E-state index in [4.69, 9.17) is 4.74 Å². The zero-order valence-corrected chi connectivity index (χ0v) is 6.94. The van der Waals surface area contributed by atoms with Crippen molar-refractivity contribution in [2.24, 2.45) is 5.92 Å². The Hall–Kier alpha value is -0.0400. The van der Waals surface area contributed by atoms with E-state index in [1.165, 1.54) is 32.1 Å². The fourth-order valence-electron chi connectivity index (χ4n) is 1.53. The van der Waals surface area contributed by atoms with Crippen LogP contribution in [0.4, 0.5) is 0 Å². The van der Waals surface area contributed by atoms with E-state index in [9.17, 15) is 0 Å². The van der Waals surface area contributed by atoms with E-state index in [-0.39, 0.29) is 7.43 Å². The number of unbranched alkanes of at least 4 members (excludes halogenated alkanes) is 1. The zero-order valence-electron chi connectivity index (χ0n) is 6.94. The first kappa shape index (κ1) is 11.0. The van der Waals surface area contributed by atoms with Gasteiger partial charge in [-0.1, -0.05) is 33.6 Å². The molecule has 0 spiro atoms. The van der Waals surface area contributed by atoms with Crippen molar-refractivity contribution in [1.82, 2.24) is 0 Å². The Balaban J connectivity index is 0.000001000. The predicted octanol–water partition coefficient (Wildman–Crippen LogP) is 3.24. The first-order chi connectivity index (χ1) is 4.93. The highest BCUT2D eigenvalue weighted by molar-refractivity contribution is 4.62. The molecule has 1 rings (SSSR count). The van der Waals surface area contributed by atoms with Crippen LogP contribution in [0.5, 0.6) is 0 Å². The predicted molar refractivity (Wildman–Crippen MR) is 49.8 cm³/mol. The zero-order chi connectivity index (χ0) is 7.23. The molecule has 0 aromatic carbocycles. The molecule has 0 saturated carbocycles. The van der Waals surface area contributed by atoms with Crippen molar-refractivity contribution in [2.45, 2.75) is 46.5 Å². The van der Waals surface area contributed by atoms with Gasteiger partial charge < -0.3 is 4.74 Å². The quantitative estimate of drug-likeness (QED) is 0.612. The lowest BCUT2D eigenvalue weighted by atomic mass is 9.94. The van der Waals surface area contributed by atoms with Gasteiger partial charge in [0.05, 0.1) is 0 Å². The summed E-state index contributed by atoms with van der Waals surface area (Å²) < 4.78 is 5.28. The Morgan fingerprint density at radius 3 is 2.45 bits per heavy atom. The van der Waals surface area contributed by atoms with Crippen molar-refractivity contribution in [3.8, 4) is 0 Å². The molecule has 11 heavy (non-hydrogen) atoms. The van der Waals surface area contributed by atoms with Gasteiger partial charge >= 0.3 is 0 Å². The molecule has 0 aromatic heterocycles. The third-order valence-electron chi connectivity index (χ3n) is 2.31. The van der Waals surface area contributed by atoms with E-state index in [0.717, 1.165) is 19.1 Å². The molecule has 1 saturated heterocycles. The molecule has 1 heteroatoms. The van der Waals surface area contributed by atoms with Crippen LogP contribution in [0.1, 0.15) is 46.5 Å². The van der Waals surface area contributed by atoms with Crippen LogP contribution < -0.4 is 0 Å². The molecule has 0 unspecified atom stereocenters. The largest absolute Gasteiger partial charge is 0.381 e. The van der Waals surface area contributed by atoms with Crippen LogP contribution in [0.25, 0.3) is 0 Å². The topological polar surface area (TPSA) is 9.23 Å². The summed E-state index contributed by atoms with van der Waals surface area (Å²) in [6, 6.07) is 0. The van der Waals surface area contributed by atoms with E-state index in [0.29, 0.717) is 0 Å². The maximum Gasteiger partial charge on any atom is 0.0468 e. The van der Waals surface area contributed by atoms with Crippen LogP contribution in [-0.2, 0) is 4.74 Å². The molecule has 1 fully saturated rings. The van der Waals surface area contributed by atoms with Crippen LogP contribution in [-0.4, -0.2) is 13.2 Å². The van der Waals surface area contributed by atoms with Crippen LogP contribution in [0.2, 0.25) is 0 Å². The highest BCUT2D eigenvalue weighted by Gasteiger charge is 2.11. The smallest absolute Gasteiger partial charge is 0.0468 e. The van der Waals surface area contributed by atoms with E-state index >= 15 is 0 Å². The molecule has 0 amide bonds. The SMILES string of the molecule is C.CCCCC1CCOCC1. The maximum atomic E-state index is 5.28. The first-order valence-electron chi connectivity index (χ1n) is 4.51. The van der Waals surface area contributed by atoms with Crippen LogP contribution in [0.15, 0.2) is 0 Å². The Labute approximate surface area is 71.1 Å². The van der Waals surface area contributed by atoms with E-state index < -0.39 is 0 Å². The number of hydrogen-bond donors (Lipinski definition) is 0. The molecule has 0 atom stereocenters. The molecule has 0 aliphatic carbocycles. The lowest BCUT2D eigenvalue weighted by molar-refractivity contribution is 0.0633. The Kier molecular flexibility index (Phi) is 6.63. The maximum absolute atomic E-state index is 5.28. The van der Waals surface area contributed by atoms with Crippen molar-refractivity contribution >= 4 is 0 Å². The summed E-state index contributed by atoms with van der Waals surface area (Å²) in [5.41, 5.74) is 0. The highest BCUT2D eigenvalue weighted by Crippen LogP contribution is 2.20. The summed E-state index contributed by atoms with van der Waals surface area (Å²) >= 11 is 0. The number of rotatable bonds is 3. The van der Waals surface area contributed by atoms with Gasteiger partial charge in [0.25, 0.3) is 0 Å². The Bertz CT molecular complexity index is 74.9. The van der Waals surface area contributed by atoms with Crippen LogP contribution in [0, 0.1) is 5.92 Å². The van der Waals surface area contributed by atoms with E-state index in [1.807, 2.05) is 0 Å². The van der Waals surface area contributed by atoms with Gasteiger partial charge in [-0.2, -0.15) is 0 Å². The minimum absolute atomic E-state index is 0. The average Bonchev–Trinajstić information content (AvgIpc) is 2.03. The summed E-state index contributed by atoms with van der Waals surface area (Å²) in [5, 5.41) is 0. The molecule has 1 aliphatic heterocycles. The minimum atomic E-state index is 0. The van der Waals surface area contributed by atoms with Crippen molar-refractivity contribution in [3.63, 3.8) is 0 Å². The van der Waals surface area contributed by atoms with Crippen molar-refractivity contribution in [2.75, 3.05) is 13.2 Å². The van der Waals surface area contributed by atoms with Gasteiger partial charge in [-0.3, -0.25) is 0 Å². The Morgan fingerprint density at radius 1 is 1.27 bits per heavy atom. The molecule has 0 bridgehead atoms. The van der Waals surface area contributed by atoms with Gasteiger partial charge in [0.15, 0.2) is 0 Å². The molecule has 1 aliphatic rings. The monoisotopic (exact) mass is 158 g/mol. The van der Waals surface area contributed by atoms with E-state index in [1.54, 1.807) is 0 Å². The van der Waals surface area contributed by atoms with Gasteiger partial charge in [-0.15, -0.1) is 0 Å². The highest BCUT2D eigenvalue weighted by atomic mass is 16.5. The summed E-state index contributed by atoms with van der Waals surface area (Å²) in [4.78, 5) is 0. The van der Waals surface area contributed by atoms with Gasteiger partial charge in [0, 0.05) is 13.2 Å². The van der Waals surface area contributed by atoms with Crippen molar-refractivity contribution in [3.05, 3.63) is 0 Å².